The molecule has 22 heavy (non-hydrogen) atoms. The van der Waals surface area contributed by atoms with E-state index in [1.165, 1.54) is 0 Å². The Hall–Kier alpha value is -1.73. The summed E-state index contributed by atoms with van der Waals surface area (Å²) in [4.78, 5) is 18.1. The highest BCUT2D eigenvalue weighted by atomic mass is 16.5. The Morgan fingerprint density at radius 1 is 1.27 bits per heavy atom. The fraction of sp³-hybridized carbons (Fsp3) is 0.667. The summed E-state index contributed by atoms with van der Waals surface area (Å²) in [5.74, 6) is 1.01. The summed E-state index contributed by atoms with van der Waals surface area (Å²) in [7, 11) is 2.16. The van der Waals surface area contributed by atoms with Crippen molar-refractivity contribution in [1.82, 2.24) is 24.4 Å². The Morgan fingerprint density at radius 3 is 2.91 bits per heavy atom. The largest absolute Gasteiger partial charge is 0.376 e. The lowest BCUT2D eigenvalue weighted by molar-refractivity contribution is 0.0979. The second kappa shape index (κ2) is 5.81. The molecule has 0 bridgehead atoms. The Labute approximate surface area is 129 Å². The van der Waals surface area contributed by atoms with Gasteiger partial charge in [0.15, 0.2) is 5.65 Å². The molecule has 0 radical (unpaired) electrons. The lowest BCUT2D eigenvalue weighted by Gasteiger charge is -2.33. The van der Waals surface area contributed by atoms with E-state index in [0.717, 1.165) is 69.3 Å². The lowest BCUT2D eigenvalue weighted by Crippen LogP contribution is -2.45. The van der Waals surface area contributed by atoms with Gasteiger partial charge in [0.1, 0.15) is 11.8 Å². The number of fused-ring (bicyclic) bond motifs is 1. The number of hydrogen-bond acceptors (Lipinski definition) is 6. The molecule has 0 saturated carbocycles. The normalized spacial score (nSPS) is 23.5. The van der Waals surface area contributed by atoms with Crippen LogP contribution < -0.4 is 4.90 Å². The molecule has 4 heterocycles. The summed E-state index contributed by atoms with van der Waals surface area (Å²) in [6.45, 7) is 5.83. The zero-order valence-electron chi connectivity index (χ0n) is 13.0. The van der Waals surface area contributed by atoms with Gasteiger partial charge in [-0.15, -0.1) is 0 Å². The number of anilines is 1. The van der Waals surface area contributed by atoms with Crippen LogP contribution in [0.25, 0.3) is 11.2 Å². The van der Waals surface area contributed by atoms with E-state index in [-0.39, 0.29) is 6.10 Å². The van der Waals surface area contributed by atoms with Crippen molar-refractivity contribution < 1.29 is 4.74 Å². The third-order valence-electron chi connectivity index (χ3n) is 4.59. The fourth-order valence-corrected chi connectivity index (χ4v) is 3.27. The van der Waals surface area contributed by atoms with E-state index in [4.69, 9.17) is 9.72 Å². The van der Waals surface area contributed by atoms with E-state index in [9.17, 15) is 0 Å². The second-order valence-electron chi connectivity index (χ2n) is 6.18. The molecule has 0 aromatic carbocycles. The van der Waals surface area contributed by atoms with Gasteiger partial charge in [0.25, 0.3) is 0 Å². The number of piperazine rings is 1. The molecule has 2 aliphatic heterocycles. The summed E-state index contributed by atoms with van der Waals surface area (Å²) in [5, 5.41) is 0. The minimum Gasteiger partial charge on any atom is -0.376 e. The first-order valence-corrected chi connectivity index (χ1v) is 8.02. The molecule has 2 aromatic heterocycles. The average molecular weight is 302 g/mol. The first-order valence-electron chi connectivity index (χ1n) is 8.02. The van der Waals surface area contributed by atoms with Gasteiger partial charge in [0.05, 0.1) is 18.8 Å². The van der Waals surface area contributed by atoms with Crippen molar-refractivity contribution in [3.8, 4) is 0 Å². The van der Waals surface area contributed by atoms with Crippen LogP contribution in [0.4, 0.5) is 5.95 Å². The molecule has 2 saturated heterocycles. The van der Waals surface area contributed by atoms with Gasteiger partial charge in [-0.2, -0.15) is 0 Å². The molecule has 0 N–H and O–H groups in total. The highest BCUT2D eigenvalue weighted by Crippen LogP contribution is 2.24. The summed E-state index contributed by atoms with van der Waals surface area (Å²) < 4.78 is 8.04. The predicted molar refractivity (Wildman–Crippen MR) is 84.0 cm³/mol. The van der Waals surface area contributed by atoms with Crippen LogP contribution in [0.3, 0.4) is 0 Å². The Balaban J connectivity index is 1.69. The summed E-state index contributed by atoms with van der Waals surface area (Å²) in [6, 6.07) is 0. The van der Waals surface area contributed by atoms with Gasteiger partial charge in [-0.05, 0) is 19.9 Å². The third-order valence-corrected chi connectivity index (χ3v) is 4.59. The van der Waals surface area contributed by atoms with Crippen molar-refractivity contribution in [2.45, 2.75) is 25.5 Å². The van der Waals surface area contributed by atoms with Crippen LogP contribution in [0.5, 0.6) is 0 Å². The van der Waals surface area contributed by atoms with Gasteiger partial charge in [-0.3, -0.25) is 4.57 Å². The van der Waals surface area contributed by atoms with Crippen LogP contribution in [0.1, 0.15) is 12.8 Å². The molecule has 2 fully saturated rings. The number of ether oxygens (including phenoxy) is 1. The summed E-state index contributed by atoms with van der Waals surface area (Å²) >= 11 is 0. The van der Waals surface area contributed by atoms with Crippen LogP contribution >= 0.6 is 0 Å². The maximum Gasteiger partial charge on any atom is 0.208 e. The smallest absolute Gasteiger partial charge is 0.208 e. The molecule has 4 rings (SSSR count). The van der Waals surface area contributed by atoms with E-state index in [1.54, 1.807) is 12.5 Å². The van der Waals surface area contributed by atoms with Crippen LogP contribution in [0.15, 0.2) is 12.5 Å². The molecule has 7 heteroatoms. The minimum atomic E-state index is 0.276. The molecule has 1 atom stereocenters. The number of rotatable bonds is 3. The first-order chi connectivity index (χ1) is 10.8. The topological polar surface area (TPSA) is 59.3 Å². The standard InChI is InChI=1S/C15H22N6O/c1-19-4-6-20(7-5-19)15-18-13-9-16-11-17-14(13)21(15)10-12-3-2-8-22-12/h9,11-12H,2-8,10H2,1H3/t12-/m0/s1. The monoisotopic (exact) mass is 302 g/mol. The second-order valence-corrected chi connectivity index (χ2v) is 6.18. The molecule has 118 valence electrons. The molecule has 0 aliphatic carbocycles. The molecular formula is C15H22N6O. The van der Waals surface area contributed by atoms with Gasteiger partial charge < -0.3 is 14.5 Å². The maximum atomic E-state index is 5.82. The number of aromatic nitrogens is 4. The third kappa shape index (κ3) is 2.55. The van der Waals surface area contributed by atoms with E-state index in [2.05, 4.69) is 31.4 Å². The average Bonchev–Trinajstić information content (AvgIpc) is 3.17. The zero-order valence-corrected chi connectivity index (χ0v) is 13.0. The molecular weight excluding hydrogens is 280 g/mol. The SMILES string of the molecule is CN1CCN(c2nc3cncnc3n2C[C@@H]2CCCO2)CC1. The molecule has 0 spiro atoms. The quantitative estimate of drug-likeness (QED) is 0.834. The zero-order chi connectivity index (χ0) is 14.9. The van der Waals surface area contributed by atoms with Crippen LogP contribution in [-0.4, -0.2) is 70.4 Å². The molecule has 2 aliphatic rings. The molecule has 0 amide bonds. The van der Waals surface area contributed by atoms with Gasteiger partial charge in [-0.25, -0.2) is 15.0 Å². The lowest BCUT2D eigenvalue weighted by atomic mass is 10.2. The van der Waals surface area contributed by atoms with E-state index >= 15 is 0 Å². The summed E-state index contributed by atoms with van der Waals surface area (Å²) in [5.41, 5.74) is 1.79. The van der Waals surface area contributed by atoms with Crippen molar-refractivity contribution >= 4 is 17.1 Å². The van der Waals surface area contributed by atoms with Crippen molar-refractivity contribution in [3.05, 3.63) is 12.5 Å². The highest BCUT2D eigenvalue weighted by molar-refractivity contribution is 5.73. The van der Waals surface area contributed by atoms with Crippen LogP contribution in [0, 0.1) is 0 Å². The van der Waals surface area contributed by atoms with Crippen LogP contribution in [-0.2, 0) is 11.3 Å². The maximum absolute atomic E-state index is 5.82. The number of likely N-dealkylation sites (N-methyl/N-ethyl adjacent to an activating group) is 1. The molecule has 7 nitrogen and oxygen atoms in total. The van der Waals surface area contributed by atoms with Gasteiger partial charge in [-0.1, -0.05) is 0 Å². The number of nitrogens with zero attached hydrogens (tertiary/aromatic N) is 6. The number of hydrogen-bond donors (Lipinski definition) is 0. The van der Waals surface area contributed by atoms with Gasteiger partial charge in [0.2, 0.25) is 5.95 Å². The first kappa shape index (κ1) is 13.9. The van der Waals surface area contributed by atoms with Crippen molar-refractivity contribution in [3.63, 3.8) is 0 Å². The van der Waals surface area contributed by atoms with E-state index in [0.29, 0.717) is 0 Å². The van der Waals surface area contributed by atoms with Crippen molar-refractivity contribution in [2.24, 2.45) is 0 Å². The fourth-order valence-electron chi connectivity index (χ4n) is 3.27. The Bertz CT molecular complexity index is 643. The molecule has 0 unspecified atom stereocenters. The van der Waals surface area contributed by atoms with Crippen LogP contribution in [0.2, 0.25) is 0 Å². The van der Waals surface area contributed by atoms with E-state index in [1.807, 2.05) is 0 Å². The van der Waals surface area contributed by atoms with Crippen molar-refractivity contribution in [2.75, 3.05) is 44.7 Å². The Kier molecular flexibility index (Phi) is 3.67. The summed E-state index contributed by atoms with van der Waals surface area (Å²) in [6.07, 6.45) is 5.94. The predicted octanol–water partition coefficient (Wildman–Crippen LogP) is 0.757. The minimum absolute atomic E-state index is 0.276. The van der Waals surface area contributed by atoms with Gasteiger partial charge >= 0.3 is 0 Å². The van der Waals surface area contributed by atoms with E-state index < -0.39 is 0 Å². The highest BCUT2D eigenvalue weighted by Gasteiger charge is 2.24. The Morgan fingerprint density at radius 2 is 2.14 bits per heavy atom. The van der Waals surface area contributed by atoms with Crippen molar-refractivity contribution in [1.29, 1.82) is 0 Å². The van der Waals surface area contributed by atoms with Gasteiger partial charge in [0, 0.05) is 32.8 Å². The number of imidazole rings is 1. The molecule has 2 aromatic rings.